The second kappa shape index (κ2) is 10.4. The fraction of sp³-hybridized carbons (Fsp3) is 0.400. The van der Waals surface area contributed by atoms with Crippen molar-refractivity contribution in [2.45, 2.75) is 26.8 Å². The van der Waals surface area contributed by atoms with E-state index in [-0.39, 0.29) is 36.0 Å². The molecule has 1 N–H and O–H groups in total. The maximum Gasteiger partial charge on any atom is 0.338 e. The Hall–Kier alpha value is -3.20. The summed E-state index contributed by atoms with van der Waals surface area (Å²) < 4.78 is 10.4. The van der Waals surface area contributed by atoms with Gasteiger partial charge in [0, 0.05) is 24.2 Å². The number of rotatable bonds is 10. The van der Waals surface area contributed by atoms with E-state index in [2.05, 4.69) is 10.2 Å². The van der Waals surface area contributed by atoms with Crippen LogP contribution in [0.4, 0.5) is 5.69 Å². The summed E-state index contributed by atoms with van der Waals surface area (Å²) in [5, 5.41) is 14.0. The van der Waals surface area contributed by atoms with Crippen molar-refractivity contribution >= 4 is 17.6 Å². The van der Waals surface area contributed by atoms with Crippen LogP contribution in [0.25, 0.3) is 0 Å². The summed E-state index contributed by atoms with van der Waals surface area (Å²) in [6.45, 7) is 7.51. The highest BCUT2D eigenvalue weighted by Gasteiger charge is 2.23. The van der Waals surface area contributed by atoms with Crippen LogP contribution >= 0.6 is 0 Å². The fourth-order valence-corrected chi connectivity index (χ4v) is 3.03. The number of nitrogens with zero attached hydrogens (tertiary/aromatic N) is 2. The van der Waals surface area contributed by atoms with Crippen molar-refractivity contribution in [1.29, 1.82) is 0 Å². The third-order valence-electron chi connectivity index (χ3n) is 4.48. The molecule has 0 spiro atoms. The molecule has 0 aliphatic rings. The molecule has 9 nitrogen and oxygen atoms in total. The minimum absolute atomic E-state index is 0.0139. The highest BCUT2D eigenvalue weighted by atomic mass is 16.6. The lowest BCUT2D eigenvalue weighted by molar-refractivity contribution is -0.384. The van der Waals surface area contributed by atoms with E-state index in [0.29, 0.717) is 5.76 Å². The molecule has 1 heterocycles. The molecule has 29 heavy (non-hydrogen) atoms. The summed E-state index contributed by atoms with van der Waals surface area (Å²) >= 11 is 0. The Morgan fingerprint density at radius 2 is 1.90 bits per heavy atom. The molecule has 156 valence electrons. The van der Waals surface area contributed by atoms with E-state index < -0.39 is 16.8 Å². The summed E-state index contributed by atoms with van der Waals surface area (Å²) in [4.78, 5) is 37.3. The number of nitrogens with one attached hydrogen (secondary N) is 1. The first-order chi connectivity index (χ1) is 13.9. The minimum Gasteiger partial charge on any atom is -0.468 e. The van der Waals surface area contributed by atoms with Gasteiger partial charge in [-0.25, -0.2) is 4.79 Å². The van der Waals surface area contributed by atoms with Gasteiger partial charge in [0.15, 0.2) is 0 Å². The number of nitro benzene ring substituents is 1. The van der Waals surface area contributed by atoms with E-state index in [1.165, 1.54) is 6.07 Å². The predicted octanol–water partition coefficient (Wildman–Crippen LogP) is 3.18. The van der Waals surface area contributed by atoms with Crippen LogP contribution in [0.15, 0.2) is 41.0 Å². The summed E-state index contributed by atoms with van der Waals surface area (Å²) in [6, 6.07) is 6.95. The van der Waals surface area contributed by atoms with Gasteiger partial charge in [-0.3, -0.25) is 19.8 Å². The minimum atomic E-state index is -0.721. The molecule has 0 saturated carbocycles. The SMILES string of the molecule is CCOC(=O)c1cc(C(=O)NCC(c2ccco2)N(CC)CC)cc([N+](=O)[O-])c1. The molecule has 0 radical (unpaired) electrons. The van der Waals surface area contributed by atoms with Crippen LogP contribution in [-0.4, -0.2) is 47.9 Å². The van der Waals surface area contributed by atoms with Gasteiger partial charge in [0.1, 0.15) is 5.76 Å². The number of benzene rings is 1. The molecule has 1 amide bonds. The number of carbonyl (C=O) groups excluding carboxylic acids is 2. The number of hydrogen-bond acceptors (Lipinski definition) is 7. The van der Waals surface area contributed by atoms with Crippen LogP contribution in [0.5, 0.6) is 0 Å². The van der Waals surface area contributed by atoms with Crippen LogP contribution in [0, 0.1) is 10.1 Å². The van der Waals surface area contributed by atoms with E-state index in [1.807, 2.05) is 19.9 Å². The van der Waals surface area contributed by atoms with Crippen LogP contribution in [-0.2, 0) is 4.74 Å². The predicted molar refractivity (Wildman–Crippen MR) is 106 cm³/mol. The largest absolute Gasteiger partial charge is 0.468 e. The monoisotopic (exact) mass is 403 g/mol. The van der Waals surface area contributed by atoms with Gasteiger partial charge in [0.25, 0.3) is 11.6 Å². The zero-order chi connectivity index (χ0) is 21.4. The maximum atomic E-state index is 12.7. The van der Waals surface area contributed by atoms with Gasteiger partial charge in [0.05, 0.1) is 29.4 Å². The number of carbonyl (C=O) groups is 2. The average Bonchev–Trinajstić information content (AvgIpc) is 3.25. The lowest BCUT2D eigenvalue weighted by atomic mass is 10.1. The van der Waals surface area contributed by atoms with Crippen LogP contribution < -0.4 is 5.32 Å². The number of non-ortho nitro benzene ring substituents is 1. The van der Waals surface area contributed by atoms with Crippen molar-refractivity contribution in [1.82, 2.24) is 10.2 Å². The Morgan fingerprint density at radius 3 is 2.45 bits per heavy atom. The van der Waals surface area contributed by atoms with Crippen molar-refractivity contribution < 1.29 is 23.7 Å². The Balaban J connectivity index is 2.24. The van der Waals surface area contributed by atoms with E-state index in [9.17, 15) is 19.7 Å². The molecule has 0 aliphatic heterocycles. The summed E-state index contributed by atoms with van der Waals surface area (Å²) in [6.07, 6.45) is 1.57. The summed E-state index contributed by atoms with van der Waals surface area (Å²) in [7, 11) is 0. The Morgan fingerprint density at radius 1 is 1.21 bits per heavy atom. The average molecular weight is 403 g/mol. The maximum absolute atomic E-state index is 12.7. The standard InChI is InChI=1S/C20H25N3O6/c1-4-22(5-2)17(18-8-7-9-29-18)13-21-19(24)14-10-15(20(25)28-6-3)12-16(11-14)23(26)27/h7-12,17H,4-6,13H2,1-3H3,(H,21,24). The Kier molecular flexibility index (Phi) is 7.90. The van der Waals surface area contributed by atoms with E-state index >= 15 is 0 Å². The molecule has 1 aromatic carbocycles. The van der Waals surface area contributed by atoms with Gasteiger partial charge in [0.2, 0.25) is 0 Å². The first-order valence-corrected chi connectivity index (χ1v) is 9.43. The van der Waals surface area contributed by atoms with Crippen LogP contribution in [0.2, 0.25) is 0 Å². The van der Waals surface area contributed by atoms with Crippen molar-refractivity contribution in [3.63, 3.8) is 0 Å². The molecule has 1 atom stereocenters. The fourth-order valence-electron chi connectivity index (χ4n) is 3.03. The Bertz CT molecular complexity index is 846. The smallest absolute Gasteiger partial charge is 0.338 e. The van der Waals surface area contributed by atoms with Gasteiger partial charge in [-0.2, -0.15) is 0 Å². The quantitative estimate of drug-likeness (QED) is 0.368. The molecule has 1 aromatic heterocycles. The molecular weight excluding hydrogens is 378 g/mol. The lowest BCUT2D eigenvalue weighted by Gasteiger charge is -2.28. The molecule has 0 bridgehead atoms. The zero-order valence-corrected chi connectivity index (χ0v) is 16.7. The topological polar surface area (TPSA) is 115 Å². The molecule has 9 heteroatoms. The first-order valence-electron chi connectivity index (χ1n) is 9.43. The summed E-state index contributed by atoms with van der Waals surface area (Å²) in [5.74, 6) is -0.537. The number of likely N-dealkylation sites (N-methyl/N-ethyl adjacent to an activating group) is 1. The molecular formula is C20H25N3O6. The third kappa shape index (κ3) is 5.64. The van der Waals surface area contributed by atoms with Gasteiger partial charge in [-0.05, 0) is 38.2 Å². The molecule has 0 aliphatic carbocycles. The van der Waals surface area contributed by atoms with Crippen LogP contribution in [0.3, 0.4) is 0 Å². The molecule has 2 aromatic rings. The van der Waals surface area contributed by atoms with Gasteiger partial charge < -0.3 is 14.5 Å². The van der Waals surface area contributed by atoms with Crippen molar-refractivity contribution in [3.05, 3.63) is 63.6 Å². The Labute approximate surface area is 168 Å². The number of amides is 1. The number of esters is 1. The number of nitro groups is 1. The second-order valence-electron chi connectivity index (χ2n) is 6.21. The molecule has 0 saturated heterocycles. The van der Waals surface area contributed by atoms with E-state index in [0.717, 1.165) is 25.2 Å². The van der Waals surface area contributed by atoms with E-state index in [4.69, 9.17) is 9.15 Å². The number of hydrogen-bond donors (Lipinski definition) is 1. The van der Waals surface area contributed by atoms with Gasteiger partial charge in [-0.15, -0.1) is 0 Å². The highest BCUT2D eigenvalue weighted by Crippen LogP contribution is 2.21. The third-order valence-corrected chi connectivity index (χ3v) is 4.48. The molecule has 2 rings (SSSR count). The van der Waals surface area contributed by atoms with Gasteiger partial charge >= 0.3 is 5.97 Å². The summed E-state index contributed by atoms with van der Waals surface area (Å²) in [5.41, 5.74) is -0.385. The normalized spacial score (nSPS) is 11.9. The zero-order valence-electron chi connectivity index (χ0n) is 16.7. The lowest BCUT2D eigenvalue weighted by Crippen LogP contribution is -2.38. The number of ether oxygens (including phenoxy) is 1. The molecule has 0 fully saturated rings. The first kappa shape index (κ1) is 22.1. The van der Waals surface area contributed by atoms with Crippen molar-refractivity contribution in [2.75, 3.05) is 26.2 Å². The highest BCUT2D eigenvalue weighted by molar-refractivity contribution is 5.99. The van der Waals surface area contributed by atoms with Gasteiger partial charge in [-0.1, -0.05) is 13.8 Å². The van der Waals surface area contributed by atoms with E-state index in [1.54, 1.807) is 19.3 Å². The van der Waals surface area contributed by atoms with Crippen LogP contribution in [0.1, 0.15) is 53.3 Å². The molecule has 1 unspecified atom stereocenters. The van der Waals surface area contributed by atoms with Crippen molar-refractivity contribution in [3.8, 4) is 0 Å². The van der Waals surface area contributed by atoms with Crippen molar-refractivity contribution in [2.24, 2.45) is 0 Å². The number of furan rings is 1. The second-order valence-corrected chi connectivity index (χ2v) is 6.21.